The highest BCUT2D eigenvalue weighted by Gasteiger charge is 2.06. The Morgan fingerprint density at radius 2 is 1.06 bits per heavy atom. The van der Waals surface area contributed by atoms with Crippen LogP contribution in [0.15, 0.2) is 66.7 Å². The number of anilines is 2. The monoisotopic (exact) mass is 489 g/mol. The molecule has 186 valence electrons. The average molecular weight is 490 g/mol. The van der Waals surface area contributed by atoms with Crippen molar-refractivity contribution in [2.24, 2.45) is 0 Å². The van der Waals surface area contributed by atoms with Crippen LogP contribution in [0, 0.1) is 0 Å². The van der Waals surface area contributed by atoms with Gasteiger partial charge in [0.2, 0.25) is 11.8 Å². The standard InChI is InChI=1S/C27H27N3O6/c1-33-20-12-8-18(16-22(20)35-3)10-14-26(31)29-24-6-5-7-25(28-24)30-27(32)15-11-19-9-13-21(34-2)23(17-19)36-4/h5-17H,1-4H3,(H2,28,29,30,31,32)/b14-10+,15-11+. The summed E-state index contributed by atoms with van der Waals surface area (Å²) in [5.74, 6) is 2.14. The fourth-order valence-electron chi connectivity index (χ4n) is 3.17. The second-order valence-electron chi connectivity index (χ2n) is 7.28. The maximum absolute atomic E-state index is 12.3. The number of hydrogen-bond donors (Lipinski definition) is 2. The molecule has 9 heteroatoms. The number of methoxy groups -OCH3 is 4. The van der Waals surface area contributed by atoms with Crippen LogP contribution in [0.3, 0.4) is 0 Å². The third-order valence-electron chi connectivity index (χ3n) is 4.92. The molecule has 3 aromatic rings. The predicted molar refractivity (Wildman–Crippen MR) is 139 cm³/mol. The van der Waals surface area contributed by atoms with Crippen molar-refractivity contribution >= 4 is 35.6 Å². The highest BCUT2D eigenvalue weighted by atomic mass is 16.5. The number of hydrogen-bond acceptors (Lipinski definition) is 7. The van der Waals surface area contributed by atoms with Crippen molar-refractivity contribution in [1.82, 2.24) is 4.98 Å². The lowest BCUT2D eigenvalue weighted by atomic mass is 10.2. The maximum Gasteiger partial charge on any atom is 0.249 e. The van der Waals surface area contributed by atoms with E-state index in [0.717, 1.165) is 11.1 Å². The molecule has 0 spiro atoms. The highest BCUT2D eigenvalue weighted by Crippen LogP contribution is 2.29. The number of amides is 2. The molecule has 0 aliphatic carbocycles. The molecular formula is C27H27N3O6. The molecule has 9 nitrogen and oxygen atoms in total. The van der Waals surface area contributed by atoms with E-state index in [-0.39, 0.29) is 11.8 Å². The van der Waals surface area contributed by atoms with Gasteiger partial charge in [0, 0.05) is 12.2 Å². The van der Waals surface area contributed by atoms with Crippen molar-refractivity contribution in [3.05, 3.63) is 77.9 Å². The number of carbonyl (C=O) groups excluding carboxylic acids is 2. The zero-order chi connectivity index (χ0) is 25.9. The van der Waals surface area contributed by atoms with E-state index in [1.54, 1.807) is 95.2 Å². The molecular weight excluding hydrogens is 462 g/mol. The minimum atomic E-state index is -0.380. The molecule has 1 heterocycles. The summed E-state index contributed by atoms with van der Waals surface area (Å²) in [5, 5.41) is 5.34. The van der Waals surface area contributed by atoms with Crippen molar-refractivity contribution in [3.8, 4) is 23.0 Å². The molecule has 0 aliphatic rings. The van der Waals surface area contributed by atoms with Crippen LogP contribution < -0.4 is 29.6 Å². The SMILES string of the molecule is COc1ccc(/C=C/C(=O)Nc2cccc(NC(=O)/C=C/c3ccc(OC)c(OC)c3)n2)cc1OC. The number of benzene rings is 2. The average Bonchev–Trinajstić information content (AvgIpc) is 2.90. The number of rotatable bonds is 10. The van der Waals surface area contributed by atoms with Crippen LogP contribution in [0.2, 0.25) is 0 Å². The van der Waals surface area contributed by atoms with E-state index in [4.69, 9.17) is 18.9 Å². The van der Waals surface area contributed by atoms with Crippen molar-refractivity contribution in [2.45, 2.75) is 0 Å². The third-order valence-corrected chi connectivity index (χ3v) is 4.92. The molecule has 2 amide bonds. The molecule has 0 fully saturated rings. The molecule has 0 bridgehead atoms. The summed E-state index contributed by atoms with van der Waals surface area (Å²) in [6.07, 6.45) is 6.03. The van der Waals surface area contributed by atoms with Gasteiger partial charge in [0.05, 0.1) is 28.4 Å². The summed E-state index contributed by atoms with van der Waals surface area (Å²) in [5.41, 5.74) is 1.52. The first-order chi connectivity index (χ1) is 17.4. The number of nitrogens with zero attached hydrogens (tertiary/aromatic N) is 1. The molecule has 0 atom stereocenters. The smallest absolute Gasteiger partial charge is 0.249 e. The number of carbonyl (C=O) groups is 2. The summed E-state index contributed by atoms with van der Waals surface area (Å²) in [6, 6.07) is 15.5. The summed E-state index contributed by atoms with van der Waals surface area (Å²) in [6.45, 7) is 0. The number of nitrogens with one attached hydrogen (secondary N) is 2. The van der Waals surface area contributed by atoms with Crippen LogP contribution >= 0.6 is 0 Å². The number of ether oxygens (including phenoxy) is 4. The maximum atomic E-state index is 12.3. The molecule has 0 unspecified atom stereocenters. The second kappa shape index (κ2) is 12.6. The molecule has 0 saturated heterocycles. The minimum Gasteiger partial charge on any atom is -0.493 e. The van der Waals surface area contributed by atoms with E-state index in [1.165, 1.54) is 12.2 Å². The zero-order valence-electron chi connectivity index (χ0n) is 20.4. The van der Waals surface area contributed by atoms with Crippen LogP contribution in [0.1, 0.15) is 11.1 Å². The Labute approximate surface area is 209 Å². The first kappa shape index (κ1) is 25.8. The summed E-state index contributed by atoms with van der Waals surface area (Å²) >= 11 is 0. The van der Waals surface area contributed by atoms with Gasteiger partial charge in [-0.3, -0.25) is 9.59 Å². The third kappa shape index (κ3) is 7.10. The fraction of sp³-hybridized carbons (Fsp3) is 0.148. The van der Waals surface area contributed by atoms with Gasteiger partial charge in [-0.1, -0.05) is 18.2 Å². The molecule has 3 rings (SSSR count). The van der Waals surface area contributed by atoms with Crippen molar-refractivity contribution in [3.63, 3.8) is 0 Å². The Morgan fingerprint density at radius 1 is 0.639 bits per heavy atom. The lowest BCUT2D eigenvalue weighted by molar-refractivity contribution is -0.112. The van der Waals surface area contributed by atoms with E-state index < -0.39 is 0 Å². The number of pyridine rings is 1. The van der Waals surface area contributed by atoms with Crippen LogP contribution in [0.5, 0.6) is 23.0 Å². The van der Waals surface area contributed by atoms with Gasteiger partial charge in [-0.2, -0.15) is 0 Å². The minimum absolute atomic E-state index is 0.290. The van der Waals surface area contributed by atoms with Crippen LogP contribution in [-0.4, -0.2) is 45.2 Å². The Kier molecular flexibility index (Phi) is 9.05. The zero-order valence-corrected chi connectivity index (χ0v) is 20.4. The van der Waals surface area contributed by atoms with Gasteiger partial charge in [-0.05, 0) is 59.7 Å². The largest absolute Gasteiger partial charge is 0.493 e. The quantitative estimate of drug-likeness (QED) is 0.406. The Morgan fingerprint density at radius 3 is 1.44 bits per heavy atom. The predicted octanol–water partition coefficient (Wildman–Crippen LogP) is 4.42. The highest BCUT2D eigenvalue weighted by molar-refractivity contribution is 6.03. The molecule has 2 aromatic carbocycles. The van der Waals surface area contributed by atoms with Gasteiger partial charge in [0.25, 0.3) is 0 Å². The topological polar surface area (TPSA) is 108 Å². The van der Waals surface area contributed by atoms with E-state index in [2.05, 4.69) is 15.6 Å². The Hall–Kier alpha value is -4.79. The van der Waals surface area contributed by atoms with Gasteiger partial charge < -0.3 is 29.6 Å². The lowest BCUT2D eigenvalue weighted by Gasteiger charge is -2.08. The van der Waals surface area contributed by atoms with Crippen LogP contribution in [0.25, 0.3) is 12.2 Å². The van der Waals surface area contributed by atoms with E-state index >= 15 is 0 Å². The molecule has 0 radical (unpaired) electrons. The summed E-state index contributed by atoms with van der Waals surface area (Å²) in [7, 11) is 6.20. The fourth-order valence-corrected chi connectivity index (χ4v) is 3.17. The lowest BCUT2D eigenvalue weighted by Crippen LogP contribution is -2.12. The second-order valence-corrected chi connectivity index (χ2v) is 7.28. The number of aromatic nitrogens is 1. The van der Waals surface area contributed by atoms with Crippen LogP contribution in [0.4, 0.5) is 11.6 Å². The van der Waals surface area contributed by atoms with Crippen LogP contribution in [-0.2, 0) is 9.59 Å². The Balaban J connectivity index is 1.60. The van der Waals surface area contributed by atoms with E-state index in [9.17, 15) is 9.59 Å². The first-order valence-corrected chi connectivity index (χ1v) is 10.8. The van der Waals surface area contributed by atoms with E-state index in [0.29, 0.717) is 34.6 Å². The van der Waals surface area contributed by atoms with Gasteiger partial charge in [0.1, 0.15) is 11.6 Å². The van der Waals surface area contributed by atoms with E-state index in [1.807, 2.05) is 0 Å². The van der Waals surface area contributed by atoms with Crippen molar-refractivity contribution in [2.75, 3.05) is 39.1 Å². The molecule has 36 heavy (non-hydrogen) atoms. The summed E-state index contributed by atoms with van der Waals surface area (Å²) < 4.78 is 21.0. The van der Waals surface area contributed by atoms with Gasteiger partial charge >= 0.3 is 0 Å². The van der Waals surface area contributed by atoms with Crippen molar-refractivity contribution < 1.29 is 28.5 Å². The molecule has 0 aliphatic heterocycles. The summed E-state index contributed by atoms with van der Waals surface area (Å²) in [4.78, 5) is 28.9. The Bertz CT molecular complexity index is 1190. The normalized spacial score (nSPS) is 10.8. The first-order valence-electron chi connectivity index (χ1n) is 10.8. The van der Waals surface area contributed by atoms with Gasteiger partial charge in [-0.25, -0.2) is 4.98 Å². The van der Waals surface area contributed by atoms with Gasteiger partial charge in [0.15, 0.2) is 23.0 Å². The molecule has 1 aromatic heterocycles. The van der Waals surface area contributed by atoms with Gasteiger partial charge in [-0.15, -0.1) is 0 Å². The molecule has 0 saturated carbocycles. The molecule has 2 N–H and O–H groups in total. The van der Waals surface area contributed by atoms with Crippen molar-refractivity contribution in [1.29, 1.82) is 0 Å².